The van der Waals surface area contributed by atoms with E-state index in [2.05, 4.69) is 52.4 Å². The molecule has 0 amide bonds. The topological polar surface area (TPSA) is 18.5 Å². The Morgan fingerprint density at radius 3 is 2.26 bits per heavy atom. The van der Waals surface area contributed by atoms with Gasteiger partial charge in [-0.2, -0.15) is 0 Å². The molecule has 2 saturated heterocycles. The summed E-state index contributed by atoms with van der Waals surface area (Å²) in [5.74, 6) is 0.938. The minimum Gasteiger partial charge on any atom is -0.313 e. The maximum absolute atomic E-state index is 3.80. The van der Waals surface area contributed by atoms with Crippen LogP contribution in [0, 0.1) is 5.92 Å². The molecule has 1 aromatic rings. The molecule has 0 bridgehead atoms. The van der Waals surface area contributed by atoms with Gasteiger partial charge in [0.05, 0.1) is 0 Å². The Morgan fingerprint density at radius 1 is 0.913 bits per heavy atom. The second-order valence-electron chi connectivity index (χ2n) is 7.51. The summed E-state index contributed by atoms with van der Waals surface area (Å²) in [6.07, 6.45) is 5.36. The molecule has 0 saturated carbocycles. The van der Waals surface area contributed by atoms with Crippen LogP contribution in [-0.4, -0.2) is 55.1 Å². The van der Waals surface area contributed by atoms with Crippen LogP contribution in [0.2, 0.25) is 0 Å². The van der Waals surface area contributed by atoms with Crippen molar-refractivity contribution >= 4 is 0 Å². The van der Waals surface area contributed by atoms with Crippen LogP contribution in [0.15, 0.2) is 30.3 Å². The predicted molar refractivity (Wildman–Crippen MR) is 97.6 cm³/mol. The number of piperidine rings is 2. The van der Waals surface area contributed by atoms with Gasteiger partial charge in [-0.05, 0) is 63.3 Å². The molecule has 2 heterocycles. The molecule has 3 rings (SSSR count). The fraction of sp³-hybridized carbons (Fsp3) is 0.700. The largest absolute Gasteiger partial charge is 0.313 e. The van der Waals surface area contributed by atoms with Crippen LogP contribution in [0.1, 0.15) is 38.2 Å². The van der Waals surface area contributed by atoms with E-state index < -0.39 is 0 Å². The summed E-state index contributed by atoms with van der Waals surface area (Å²) in [4.78, 5) is 5.23. The number of hydrogen-bond acceptors (Lipinski definition) is 3. The van der Waals surface area contributed by atoms with Crippen molar-refractivity contribution in [3.05, 3.63) is 35.9 Å². The van der Waals surface area contributed by atoms with E-state index in [1.807, 2.05) is 0 Å². The highest BCUT2D eigenvalue weighted by Gasteiger charge is 2.19. The first kappa shape index (κ1) is 16.9. The maximum atomic E-state index is 3.80. The Morgan fingerprint density at radius 2 is 1.57 bits per heavy atom. The van der Waals surface area contributed by atoms with Gasteiger partial charge in [0.2, 0.25) is 0 Å². The second-order valence-corrected chi connectivity index (χ2v) is 7.51. The zero-order valence-electron chi connectivity index (χ0n) is 14.7. The minimum atomic E-state index is 0.728. The summed E-state index contributed by atoms with van der Waals surface area (Å²) >= 11 is 0. The van der Waals surface area contributed by atoms with Crippen LogP contribution in [0.5, 0.6) is 0 Å². The van der Waals surface area contributed by atoms with Gasteiger partial charge in [-0.25, -0.2) is 0 Å². The standard InChI is InChI=1S/C20H33N3/c1-18-7-12-22(13-8-18)16-11-21-20-9-14-23(15-10-20)17-19-5-3-2-4-6-19/h2-6,18,20-21H,7-17H2,1H3. The summed E-state index contributed by atoms with van der Waals surface area (Å²) in [5.41, 5.74) is 1.44. The van der Waals surface area contributed by atoms with Crippen molar-refractivity contribution in [2.75, 3.05) is 39.3 Å². The number of nitrogens with zero attached hydrogens (tertiary/aromatic N) is 2. The molecule has 0 aliphatic carbocycles. The lowest BCUT2D eigenvalue weighted by Crippen LogP contribution is -2.45. The molecule has 0 radical (unpaired) electrons. The number of nitrogens with one attached hydrogen (secondary N) is 1. The number of hydrogen-bond donors (Lipinski definition) is 1. The van der Waals surface area contributed by atoms with Gasteiger partial charge < -0.3 is 10.2 Å². The Kier molecular flexibility index (Phi) is 6.49. The zero-order valence-corrected chi connectivity index (χ0v) is 14.7. The summed E-state index contributed by atoms with van der Waals surface area (Å²) in [5, 5.41) is 3.80. The van der Waals surface area contributed by atoms with E-state index in [4.69, 9.17) is 0 Å². The maximum Gasteiger partial charge on any atom is 0.0233 e. The lowest BCUT2D eigenvalue weighted by Gasteiger charge is -2.34. The molecular weight excluding hydrogens is 282 g/mol. The molecule has 23 heavy (non-hydrogen) atoms. The summed E-state index contributed by atoms with van der Waals surface area (Å²) < 4.78 is 0. The van der Waals surface area contributed by atoms with Crippen molar-refractivity contribution in [1.29, 1.82) is 0 Å². The SMILES string of the molecule is CC1CCN(CCNC2CCN(Cc3ccccc3)CC2)CC1. The third kappa shape index (κ3) is 5.59. The average Bonchev–Trinajstić information content (AvgIpc) is 2.59. The second kappa shape index (κ2) is 8.81. The van der Waals surface area contributed by atoms with Crippen molar-refractivity contribution in [2.24, 2.45) is 5.92 Å². The first-order valence-electron chi connectivity index (χ1n) is 9.51. The van der Waals surface area contributed by atoms with Crippen LogP contribution >= 0.6 is 0 Å². The van der Waals surface area contributed by atoms with E-state index in [0.29, 0.717) is 0 Å². The highest BCUT2D eigenvalue weighted by molar-refractivity contribution is 5.14. The Bertz CT molecular complexity index is 431. The predicted octanol–water partition coefficient (Wildman–Crippen LogP) is 2.97. The first-order chi connectivity index (χ1) is 11.3. The Balaban J connectivity index is 1.29. The van der Waals surface area contributed by atoms with E-state index in [9.17, 15) is 0 Å². The quantitative estimate of drug-likeness (QED) is 0.871. The smallest absolute Gasteiger partial charge is 0.0233 e. The van der Waals surface area contributed by atoms with E-state index in [-0.39, 0.29) is 0 Å². The third-order valence-corrected chi connectivity index (χ3v) is 5.57. The summed E-state index contributed by atoms with van der Waals surface area (Å²) in [6.45, 7) is 11.0. The summed E-state index contributed by atoms with van der Waals surface area (Å²) in [6, 6.07) is 11.6. The van der Waals surface area contributed by atoms with Gasteiger partial charge in [-0.1, -0.05) is 37.3 Å². The molecule has 2 aliphatic heterocycles. The van der Waals surface area contributed by atoms with E-state index in [1.165, 1.54) is 64.0 Å². The average molecular weight is 316 g/mol. The molecule has 128 valence electrons. The lowest BCUT2D eigenvalue weighted by atomic mass is 9.99. The van der Waals surface area contributed by atoms with Crippen LogP contribution in [0.25, 0.3) is 0 Å². The molecule has 0 aromatic heterocycles. The van der Waals surface area contributed by atoms with Gasteiger partial charge in [0, 0.05) is 25.7 Å². The Hall–Kier alpha value is -0.900. The molecule has 0 atom stereocenters. The normalized spacial score (nSPS) is 22.5. The monoisotopic (exact) mass is 315 g/mol. The van der Waals surface area contributed by atoms with Crippen molar-refractivity contribution < 1.29 is 0 Å². The van der Waals surface area contributed by atoms with Gasteiger partial charge in [0.25, 0.3) is 0 Å². The van der Waals surface area contributed by atoms with Crippen LogP contribution < -0.4 is 5.32 Å². The highest BCUT2D eigenvalue weighted by atomic mass is 15.2. The molecule has 2 fully saturated rings. The molecule has 1 aromatic carbocycles. The van der Waals surface area contributed by atoms with E-state index in [1.54, 1.807) is 0 Å². The van der Waals surface area contributed by atoms with Gasteiger partial charge in [0.1, 0.15) is 0 Å². The molecule has 0 spiro atoms. The number of likely N-dealkylation sites (tertiary alicyclic amines) is 2. The van der Waals surface area contributed by atoms with Gasteiger partial charge in [-0.3, -0.25) is 4.90 Å². The molecular formula is C20H33N3. The summed E-state index contributed by atoms with van der Waals surface area (Å²) in [7, 11) is 0. The van der Waals surface area contributed by atoms with Crippen molar-refractivity contribution in [1.82, 2.24) is 15.1 Å². The Labute approximate surface area is 142 Å². The lowest BCUT2D eigenvalue weighted by molar-refractivity contribution is 0.172. The van der Waals surface area contributed by atoms with Crippen molar-refractivity contribution in [3.8, 4) is 0 Å². The van der Waals surface area contributed by atoms with E-state index >= 15 is 0 Å². The fourth-order valence-corrected chi connectivity index (χ4v) is 3.85. The van der Waals surface area contributed by atoms with Gasteiger partial charge >= 0.3 is 0 Å². The van der Waals surface area contributed by atoms with Crippen molar-refractivity contribution in [3.63, 3.8) is 0 Å². The van der Waals surface area contributed by atoms with Crippen LogP contribution in [0.3, 0.4) is 0 Å². The molecule has 1 N–H and O–H groups in total. The van der Waals surface area contributed by atoms with Crippen molar-refractivity contribution in [2.45, 2.75) is 45.2 Å². The molecule has 0 unspecified atom stereocenters. The first-order valence-corrected chi connectivity index (χ1v) is 9.51. The fourth-order valence-electron chi connectivity index (χ4n) is 3.85. The molecule has 3 heteroatoms. The third-order valence-electron chi connectivity index (χ3n) is 5.57. The molecule has 3 nitrogen and oxygen atoms in total. The number of benzene rings is 1. The van der Waals surface area contributed by atoms with Gasteiger partial charge in [0.15, 0.2) is 0 Å². The number of rotatable bonds is 6. The zero-order chi connectivity index (χ0) is 15.9. The van der Waals surface area contributed by atoms with E-state index in [0.717, 1.165) is 25.0 Å². The molecule has 2 aliphatic rings. The van der Waals surface area contributed by atoms with Crippen LogP contribution in [0.4, 0.5) is 0 Å². The van der Waals surface area contributed by atoms with Crippen LogP contribution in [-0.2, 0) is 6.54 Å². The minimum absolute atomic E-state index is 0.728. The van der Waals surface area contributed by atoms with Gasteiger partial charge in [-0.15, -0.1) is 0 Å². The highest BCUT2D eigenvalue weighted by Crippen LogP contribution is 2.16.